The quantitative estimate of drug-likeness (QED) is 0.385. The maximum absolute atomic E-state index is 3.74. The van der Waals surface area contributed by atoms with Gasteiger partial charge < -0.3 is 5.32 Å². The molecule has 1 nitrogen and oxygen atoms in total. The van der Waals surface area contributed by atoms with Crippen molar-refractivity contribution in [2.75, 3.05) is 6.54 Å². The number of nitrogens with one attached hydrogen (secondary N) is 1. The van der Waals surface area contributed by atoms with Crippen LogP contribution in [0.15, 0.2) is 0 Å². The summed E-state index contributed by atoms with van der Waals surface area (Å²) in [6.07, 6.45) is 15.4. The minimum atomic E-state index is 0.771. The van der Waals surface area contributed by atoms with Crippen LogP contribution in [0.3, 0.4) is 0 Å². The van der Waals surface area contributed by atoms with E-state index in [1.54, 1.807) is 0 Å². The van der Waals surface area contributed by atoms with E-state index < -0.39 is 0 Å². The molecule has 2 atom stereocenters. The van der Waals surface area contributed by atoms with Crippen molar-refractivity contribution in [3.05, 3.63) is 0 Å². The third-order valence-electron chi connectivity index (χ3n) is 4.36. The first kappa shape index (κ1) is 19.0. The van der Waals surface area contributed by atoms with Crippen LogP contribution in [0.1, 0.15) is 98.3 Å². The minimum absolute atomic E-state index is 0.771. The second kappa shape index (κ2) is 14.4. The molecule has 0 amide bonds. The topological polar surface area (TPSA) is 12.0 Å². The summed E-state index contributed by atoms with van der Waals surface area (Å²) in [5.41, 5.74) is 0. The fourth-order valence-electron chi connectivity index (χ4n) is 3.07. The van der Waals surface area contributed by atoms with Crippen LogP contribution in [0, 0.1) is 5.92 Å². The van der Waals surface area contributed by atoms with Gasteiger partial charge >= 0.3 is 0 Å². The third-order valence-corrected chi connectivity index (χ3v) is 4.36. The molecule has 0 aliphatic carbocycles. The molecule has 0 spiro atoms. The van der Waals surface area contributed by atoms with Gasteiger partial charge in [-0.1, -0.05) is 85.5 Å². The van der Waals surface area contributed by atoms with Gasteiger partial charge in [-0.3, -0.25) is 0 Å². The van der Waals surface area contributed by atoms with E-state index >= 15 is 0 Å². The van der Waals surface area contributed by atoms with Crippen molar-refractivity contribution < 1.29 is 0 Å². The van der Waals surface area contributed by atoms with Gasteiger partial charge in [0.1, 0.15) is 0 Å². The predicted octanol–water partition coefficient (Wildman–Crippen LogP) is 5.93. The molecule has 0 aromatic carbocycles. The highest BCUT2D eigenvalue weighted by Gasteiger charge is 2.17. The van der Waals surface area contributed by atoms with Gasteiger partial charge in [-0.05, 0) is 25.3 Å². The molecule has 2 unspecified atom stereocenters. The SMILES string of the molecule is CCCCCCCCC(NCC)C(CC)CCCC. The molecule has 0 bridgehead atoms. The maximum Gasteiger partial charge on any atom is 0.00951 e. The summed E-state index contributed by atoms with van der Waals surface area (Å²) in [6.45, 7) is 10.3. The predicted molar refractivity (Wildman–Crippen MR) is 88.8 cm³/mol. The van der Waals surface area contributed by atoms with Gasteiger partial charge in [0.15, 0.2) is 0 Å². The van der Waals surface area contributed by atoms with Crippen molar-refractivity contribution in [1.82, 2.24) is 5.32 Å². The molecular weight excluding hydrogens is 230 g/mol. The summed E-state index contributed by atoms with van der Waals surface area (Å²) in [4.78, 5) is 0. The van der Waals surface area contributed by atoms with Gasteiger partial charge in [0.2, 0.25) is 0 Å². The van der Waals surface area contributed by atoms with Crippen LogP contribution in [0.25, 0.3) is 0 Å². The van der Waals surface area contributed by atoms with Gasteiger partial charge in [-0.15, -0.1) is 0 Å². The number of rotatable bonds is 14. The van der Waals surface area contributed by atoms with Crippen LogP contribution in [0.5, 0.6) is 0 Å². The van der Waals surface area contributed by atoms with Crippen LogP contribution in [-0.4, -0.2) is 12.6 Å². The lowest BCUT2D eigenvalue weighted by Gasteiger charge is -2.27. The van der Waals surface area contributed by atoms with E-state index in [9.17, 15) is 0 Å². The minimum Gasteiger partial charge on any atom is -0.314 e. The fraction of sp³-hybridized carbons (Fsp3) is 1.00. The Morgan fingerprint density at radius 2 is 1.32 bits per heavy atom. The Morgan fingerprint density at radius 1 is 0.684 bits per heavy atom. The molecule has 1 N–H and O–H groups in total. The fourth-order valence-corrected chi connectivity index (χ4v) is 3.07. The van der Waals surface area contributed by atoms with E-state index in [4.69, 9.17) is 0 Å². The number of hydrogen-bond donors (Lipinski definition) is 1. The van der Waals surface area contributed by atoms with Gasteiger partial charge in [0, 0.05) is 6.04 Å². The highest BCUT2D eigenvalue weighted by molar-refractivity contribution is 4.75. The molecule has 1 heteroatoms. The third kappa shape index (κ3) is 10.4. The van der Waals surface area contributed by atoms with E-state index in [0.29, 0.717) is 0 Å². The molecular formula is C18H39N. The molecule has 0 aromatic rings. The molecule has 0 heterocycles. The summed E-state index contributed by atoms with van der Waals surface area (Å²) in [7, 11) is 0. The Kier molecular flexibility index (Phi) is 14.3. The molecule has 116 valence electrons. The Hall–Kier alpha value is -0.0400. The van der Waals surface area contributed by atoms with Crippen molar-refractivity contribution in [3.63, 3.8) is 0 Å². The van der Waals surface area contributed by atoms with E-state index in [2.05, 4.69) is 33.0 Å². The Bertz CT molecular complexity index is 167. The normalized spacial score (nSPS) is 14.5. The van der Waals surface area contributed by atoms with E-state index in [1.165, 1.54) is 70.6 Å². The largest absolute Gasteiger partial charge is 0.314 e. The second-order valence-corrected chi connectivity index (χ2v) is 6.03. The average molecular weight is 270 g/mol. The van der Waals surface area contributed by atoms with Crippen molar-refractivity contribution in [1.29, 1.82) is 0 Å². The second-order valence-electron chi connectivity index (χ2n) is 6.03. The van der Waals surface area contributed by atoms with Crippen LogP contribution < -0.4 is 5.32 Å². The highest BCUT2D eigenvalue weighted by Crippen LogP contribution is 2.21. The van der Waals surface area contributed by atoms with Gasteiger partial charge in [-0.2, -0.15) is 0 Å². The first-order valence-electron chi connectivity index (χ1n) is 9.03. The number of hydrogen-bond acceptors (Lipinski definition) is 1. The van der Waals surface area contributed by atoms with Crippen molar-refractivity contribution in [3.8, 4) is 0 Å². The first-order chi connectivity index (χ1) is 9.29. The maximum atomic E-state index is 3.74. The monoisotopic (exact) mass is 269 g/mol. The zero-order valence-corrected chi connectivity index (χ0v) is 14.1. The molecule has 0 rings (SSSR count). The van der Waals surface area contributed by atoms with E-state index in [1.807, 2.05) is 0 Å². The standard InChI is InChI=1S/C18H39N/c1-5-9-11-12-13-14-16-18(19-8-4)17(7-3)15-10-6-2/h17-19H,5-16H2,1-4H3. The van der Waals surface area contributed by atoms with Crippen LogP contribution in [0.2, 0.25) is 0 Å². The van der Waals surface area contributed by atoms with Crippen LogP contribution in [-0.2, 0) is 0 Å². The molecule has 0 aromatic heterocycles. The lowest BCUT2D eigenvalue weighted by molar-refractivity contribution is 0.299. The lowest BCUT2D eigenvalue weighted by Crippen LogP contribution is -2.36. The number of unbranched alkanes of at least 4 members (excludes halogenated alkanes) is 6. The zero-order chi connectivity index (χ0) is 14.3. The lowest BCUT2D eigenvalue weighted by atomic mass is 9.88. The molecule has 0 aliphatic rings. The van der Waals surface area contributed by atoms with Gasteiger partial charge in [-0.25, -0.2) is 0 Å². The summed E-state index contributed by atoms with van der Waals surface area (Å²) in [5.74, 6) is 0.899. The van der Waals surface area contributed by atoms with E-state index in [0.717, 1.165) is 18.5 Å². The molecule has 19 heavy (non-hydrogen) atoms. The summed E-state index contributed by atoms with van der Waals surface area (Å²) < 4.78 is 0. The Balaban J connectivity index is 3.87. The van der Waals surface area contributed by atoms with Gasteiger partial charge in [0.05, 0.1) is 0 Å². The van der Waals surface area contributed by atoms with E-state index in [-0.39, 0.29) is 0 Å². The zero-order valence-electron chi connectivity index (χ0n) is 14.1. The Morgan fingerprint density at radius 3 is 1.89 bits per heavy atom. The average Bonchev–Trinajstić information content (AvgIpc) is 2.43. The van der Waals surface area contributed by atoms with Gasteiger partial charge in [0.25, 0.3) is 0 Å². The molecule has 0 saturated carbocycles. The highest BCUT2D eigenvalue weighted by atomic mass is 14.9. The molecule has 0 radical (unpaired) electrons. The van der Waals surface area contributed by atoms with Crippen LogP contribution >= 0.6 is 0 Å². The molecule has 0 fully saturated rings. The van der Waals surface area contributed by atoms with Crippen molar-refractivity contribution in [2.24, 2.45) is 5.92 Å². The Labute approximate surface area is 122 Å². The van der Waals surface area contributed by atoms with Crippen molar-refractivity contribution in [2.45, 2.75) is 104 Å². The summed E-state index contributed by atoms with van der Waals surface area (Å²) in [6, 6.07) is 0.771. The first-order valence-corrected chi connectivity index (χ1v) is 9.03. The summed E-state index contributed by atoms with van der Waals surface area (Å²) in [5, 5.41) is 3.74. The molecule has 0 aliphatic heterocycles. The van der Waals surface area contributed by atoms with Crippen LogP contribution in [0.4, 0.5) is 0 Å². The molecule has 0 saturated heterocycles. The van der Waals surface area contributed by atoms with Crippen molar-refractivity contribution >= 4 is 0 Å². The summed E-state index contributed by atoms with van der Waals surface area (Å²) >= 11 is 0. The smallest absolute Gasteiger partial charge is 0.00951 e.